The van der Waals surface area contributed by atoms with Gasteiger partial charge in [-0.2, -0.15) is 5.26 Å². The number of rotatable bonds is 4. The van der Waals surface area contributed by atoms with E-state index in [1.54, 1.807) is 18.2 Å². The van der Waals surface area contributed by atoms with Crippen molar-refractivity contribution in [2.45, 2.75) is 13.0 Å². The zero-order valence-corrected chi connectivity index (χ0v) is 14.4. The zero-order chi connectivity index (χ0) is 18.7. The van der Waals surface area contributed by atoms with Gasteiger partial charge in [-0.1, -0.05) is 29.8 Å². The predicted octanol–water partition coefficient (Wildman–Crippen LogP) is 3.80. The lowest BCUT2D eigenvalue weighted by molar-refractivity contribution is 0.101. The third-order valence-corrected chi connectivity index (χ3v) is 4.10. The van der Waals surface area contributed by atoms with Crippen molar-refractivity contribution >= 4 is 23.2 Å². The van der Waals surface area contributed by atoms with Crippen LogP contribution in [0.15, 0.2) is 48.8 Å². The molecule has 1 aromatic heterocycles. The number of amides is 1. The lowest BCUT2D eigenvalue weighted by Gasteiger charge is -2.11. The summed E-state index contributed by atoms with van der Waals surface area (Å²) in [5, 5.41) is 15.4. The molecule has 0 fully saturated rings. The number of nitrogens with zero attached hydrogens (tertiary/aromatic N) is 4. The molecule has 0 bridgehead atoms. The highest BCUT2D eigenvalue weighted by atomic mass is 35.5. The van der Waals surface area contributed by atoms with E-state index in [-0.39, 0.29) is 22.6 Å². The number of nitriles is 1. The fraction of sp³-hybridized carbons (Fsp3) is 0.111. The highest BCUT2D eigenvalue weighted by Gasteiger charge is 2.17. The maximum absolute atomic E-state index is 13.9. The van der Waals surface area contributed by atoms with E-state index in [0.717, 1.165) is 5.56 Å². The molecule has 26 heavy (non-hydrogen) atoms. The standard InChI is InChI=1S/C18H13ClFN5O/c1-11(13-5-2-4-12(8-13)9-21)25-10-22-17(24-25)18(26)23-15-7-3-6-14(19)16(15)20/h2-8,10-11H,1H3,(H,23,26). The monoisotopic (exact) mass is 369 g/mol. The summed E-state index contributed by atoms with van der Waals surface area (Å²) in [6.07, 6.45) is 1.41. The molecule has 6 nitrogen and oxygen atoms in total. The van der Waals surface area contributed by atoms with Gasteiger partial charge >= 0.3 is 0 Å². The predicted molar refractivity (Wildman–Crippen MR) is 94.4 cm³/mol. The summed E-state index contributed by atoms with van der Waals surface area (Å²) in [7, 11) is 0. The molecule has 1 atom stereocenters. The van der Waals surface area contributed by atoms with E-state index in [1.165, 1.54) is 29.2 Å². The van der Waals surface area contributed by atoms with Crippen molar-refractivity contribution in [2.75, 3.05) is 5.32 Å². The number of hydrogen-bond acceptors (Lipinski definition) is 4. The van der Waals surface area contributed by atoms with E-state index in [1.807, 2.05) is 13.0 Å². The molecule has 0 saturated heterocycles. The maximum atomic E-state index is 13.9. The minimum atomic E-state index is -0.719. The summed E-state index contributed by atoms with van der Waals surface area (Å²) in [6.45, 7) is 1.86. The number of carbonyl (C=O) groups excluding carboxylic acids is 1. The average molecular weight is 370 g/mol. The SMILES string of the molecule is CC(c1cccc(C#N)c1)n1cnc(C(=O)Nc2cccc(Cl)c2F)n1. The van der Waals surface area contributed by atoms with Gasteiger partial charge < -0.3 is 5.32 Å². The van der Waals surface area contributed by atoms with Crippen LogP contribution >= 0.6 is 11.6 Å². The van der Waals surface area contributed by atoms with Gasteiger partial charge in [-0.3, -0.25) is 4.79 Å². The van der Waals surface area contributed by atoms with Crippen LogP contribution in [0.5, 0.6) is 0 Å². The van der Waals surface area contributed by atoms with Crippen molar-refractivity contribution in [3.8, 4) is 6.07 Å². The van der Waals surface area contributed by atoms with E-state index < -0.39 is 11.7 Å². The van der Waals surface area contributed by atoms with Gasteiger partial charge in [0.05, 0.1) is 28.4 Å². The third kappa shape index (κ3) is 3.55. The largest absolute Gasteiger partial charge is 0.317 e. The fourth-order valence-corrected chi connectivity index (χ4v) is 2.54. The first-order valence-electron chi connectivity index (χ1n) is 7.66. The van der Waals surface area contributed by atoms with Crippen LogP contribution < -0.4 is 5.32 Å². The molecule has 2 aromatic carbocycles. The molecule has 0 aliphatic rings. The molecular weight excluding hydrogens is 357 g/mol. The summed E-state index contributed by atoms with van der Waals surface area (Å²) in [6, 6.07) is 13.2. The van der Waals surface area contributed by atoms with E-state index >= 15 is 0 Å². The van der Waals surface area contributed by atoms with Crippen molar-refractivity contribution in [2.24, 2.45) is 0 Å². The molecule has 0 aliphatic carbocycles. The van der Waals surface area contributed by atoms with E-state index in [9.17, 15) is 9.18 Å². The Morgan fingerprint density at radius 3 is 2.88 bits per heavy atom. The van der Waals surface area contributed by atoms with Crippen LogP contribution in [0.2, 0.25) is 5.02 Å². The van der Waals surface area contributed by atoms with E-state index in [2.05, 4.69) is 21.5 Å². The number of hydrogen-bond donors (Lipinski definition) is 1. The van der Waals surface area contributed by atoms with Crippen LogP contribution in [0, 0.1) is 17.1 Å². The molecule has 3 aromatic rings. The van der Waals surface area contributed by atoms with Gasteiger partial charge in [0.25, 0.3) is 5.91 Å². The van der Waals surface area contributed by atoms with Crippen molar-refractivity contribution < 1.29 is 9.18 Å². The zero-order valence-electron chi connectivity index (χ0n) is 13.6. The minimum absolute atomic E-state index is 0.0476. The van der Waals surface area contributed by atoms with Gasteiger partial charge in [0.1, 0.15) is 6.33 Å². The van der Waals surface area contributed by atoms with Crippen molar-refractivity contribution in [3.63, 3.8) is 0 Å². The Morgan fingerprint density at radius 2 is 2.12 bits per heavy atom. The second-order valence-electron chi connectivity index (χ2n) is 5.52. The fourth-order valence-electron chi connectivity index (χ4n) is 2.36. The quantitative estimate of drug-likeness (QED) is 0.758. The van der Waals surface area contributed by atoms with Crippen molar-refractivity contribution in [1.29, 1.82) is 5.26 Å². The molecule has 1 unspecified atom stereocenters. The summed E-state index contributed by atoms with van der Waals surface area (Å²) < 4.78 is 15.4. The van der Waals surface area contributed by atoms with Crippen LogP contribution in [0.1, 0.15) is 34.7 Å². The first kappa shape index (κ1) is 17.6. The molecule has 0 aliphatic heterocycles. The van der Waals surface area contributed by atoms with Crippen molar-refractivity contribution in [1.82, 2.24) is 14.8 Å². The lowest BCUT2D eigenvalue weighted by Crippen LogP contribution is -2.16. The van der Waals surface area contributed by atoms with Gasteiger partial charge in [-0.15, -0.1) is 5.10 Å². The Labute approximate surface area is 153 Å². The van der Waals surface area contributed by atoms with Crippen LogP contribution in [0.25, 0.3) is 0 Å². The first-order chi connectivity index (χ1) is 12.5. The summed E-state index contributed by atoms with van der Waals surface area (Å²) in [5.74, 6) is -1.47. The summed E-state index contributed by atoms with van der Waals surface area (Å²) in [5.41, 5.74) is 1.33. The lowest BCUT2D eigenvalue weighted by atomic mass is 10.1. The number of aromatic nitrogens is 3. The summed E-state index contributed by atoms with van der Waals surface area (Å²) >= 11 is 5.70. The number of nitrogens with one attached hydrogen (secondary N) is 1. The Bertz CT molecular complexity index is 1010. The Hall–Kier alpha value is -3.24. The Kier molecular flexibility index (Phi) is 4.96. The maximum Gasteiger partial charge on any atom is 0.295 e. The molecule has 130 valence electrons. The molecule has 0 saturated carbocycles. The topological polar surface area (TPSA) is 83.6 Å². The van der Waals surface area contributed by atoms with E-state index in [4.69, 9.17) is 16.9 Å². The Morgan fingerprint density at radius 1 is 1.35 bits per heavy atom. The van der Waals surface area contributed by atoms with Crippen LogP contribution in [-0.4, -0.2) is 20.7 Å². The van der Waals surface area contributed by atoms with Crippen LogP contribution in [0.4, 0.5) is 10.1 Å². The number of benzene rings is 2. The van der Waals surface area contributed by atoms with Gasteiger partial charge in [0, 0.05) is 0 Å². The highest BCUT2D eigenvalue weighted by Crippen LogP contribution is 2.22. The van der Waals surface area contributed by atoms with Gasteiger partial charge in [-0.25, -0.2) is 14.1 Å². The molecular formula is C18H13ClFN5O. The Balaban J connectivity index is 1.79. The molecule has 1 amide bonds. The van der Waals surface area contributed by atoms with Crippen molar-refractivity contribution in [3.05, 3.63) is 76.6 Å². The molecule has 1 heterocycles. The van der Waals surface area contributed by atoms with Gasteiger partial charge in [0.15, 0.2) is 5.82 Å². The molecule has 0 radical (unpaired) electrons. The summed E-state index contributed by atoms with van der Waals surface area (Å²) in [4.78, 5) is 16.2. The first-order valence-corrected chi connectivity index (χ1v) is 8.04. The highest BCUT2D eigenvalue weighted by molar-refractivity contribution is 6.31. The number of carbonyl (C=O) groups is 1. The molecule has 1 N–H and O–H groups in total. The number of halogens is 2. The number of anilines is 1. The van der Waals surface area contributed by atoms with E-state index in [0.29, 0.717) is 5.56 Å². The second-order valence-corrected chi connectivity index (χ2v) is 5.92. The van der Waals surface area contributed by atoms with Crippen LogP contribution in [-0.2, 0) is 0 Å². The third-order valence-electron chi connectivity index (χ3n) is 3.81. The molecule has 8 heteroatoms. The minimum Gasteiger partial charge on any atom is -0.317 e. The average Bonchev–Trinajstić information content (AvgIpc) is 3.15. The van der Waals surface area contributed by atoms with Gasteiger partial charge in [0.2, 0.25) is 5.82 Å². The van der Waals surface area contributed by atoms with Gasteiger partial charge in [-0.05, 0) is 36.8 Å². The second kappa shape index (κ2) is 7.33. The van der Waals surface area contributed by atoms with Crippen LogP contribution in [0.3, 0.4) is 0 Å². The normalized spacial score (nSPS) is 11.6. The smallest absolute Gasteiger partial charge is 0.295 e. The molecule has 3 rings (SSSR count). The molecule has 0 spiro atoms.